The third-order valence-electron chi connectivity index (χ3n) is 3.77. The van der Waals surface area contributed by atoms with Crippen LogP contribution in [0.15, 0.2) is 30.3 Å². The summed E-state index contributed by atoms with van der Waals surface area (Å²) >= 11 is 5.83. The maximum absolute atomic E-state index is 5.83. The minimum absolute atomic E-state index is 0.668. The van der Waals surface area contributed by atoms with Crippen molar-refractivity contribution in [2.75, 3.05) is 12.4 Å². The van der Waals surface area contributed by atoms with E-state index in [-0.39, 0.29) is 0 Å². The molecule has 2 aromatic rings. The number of aryl methyl sites for hydroxylation is 1. The Bertz CT molecular complexity index is 554. The lowest BCUT2D eigenvalue weighted by Gasteiger charge is -2.15. The van der Waals surface area contributed by atoms with Gasteiger partial charge in [-0.2, -0.15) is 0 Å². The largest absolute Gasteiger partial charge is 0.312 e. The Morgan fingerprint density at radius 1 is 1.30 bits per heavy atom. The Balaban J connectivity index is 2.06. The highest BCUT2D eigenvalue weighted by Crippen LogP contribution is 2.18. The highest BCUT2D eigenvalue weighted by molar-refractivity contribution is 6.17. The molecule has 1 aromatic heterocycles. The molecule has 0 radical (unpaired) electrons. The van der Waals surface area contributed by atoms with Crippen LogP contribution < -0.4 is 5.32 Å². The summed E-state index contributed by atoms with van der Waals surface area (Å²) < 4.78 is 0. The van der Waals surface area contributed by atoms with Gasteiger partial charge in [0.1, 0.15) is 0 Å². The van der Waals surface area contributed by atoms with Gasteiger partial charge in [0.2, 0.25) is 0 Å². The van der Waals surface area contributed by atoms with Gasteiger partial charge in [-0.25, -0.2) is 0 Å². The SMILES string of the molecule is CCC(CCCl)CNCc1cc(C)nc2ccccc12. The first-order chi connectivity index (χ1) is 9.74. The van der Waals surface area contributed by atoms with E-state index in [0.717, 1.165) is 36.6 Å². The minimum atomic E-state index is 0.668. The van der Waals surface area contributed by atoms with Crippen molar-refractivity contribution in [3.05, 3.63) is 41.6 Å². The van der Waals surface area contributed by atoms with Gasteiger partial charge in [-0.15, -0.1) is 11.6 Å². The molecule has 2 rings (SSSR count). The summed E-state index contributed by atoms with van der Waals surface area (Å²) in [6, 6.07) is 10.5. The molecule has 1 atom stereocenters. The number of hydrogen-bond acceptors (Lipinski definition) is 2. The molecule has 0 fully saturated rings. The molecular formula is C17H23ClN2. The average Bonchev–Trinajstić information content (AvgIpc) is 2.46. The second-order valence-corrected chi connectivity index (χ2v) is 5.70. The maximum Gasteiger partial charge on any atom is 0.0708 e. The number of para-hydroxylation sites is 1. The lowest BCUT2D eigenvalue weighted by Crippen LogP contribution is -2.22. The number of nitrogens with one attached hydrogen (secondary N) is 1. The summed E-state index contributed by atoms with van der Waals surface area (Å²) in [6.45, 7) is 6.20. The van der Waals surface area contributed by atoms with Crippen LogP contribution in [-0.4, -0.2) is 17.4 Å². The smallest absolute Gasteiger partial charge is 0.0708 e. The summed E-state index contributed by atoms with van der Waals surface area (Å²) in [5.41, 5.74) is 3.49. The molecule has 0 aliphatic heterocycles. The predicted molar refractivity (Wildman–Crippen MR) is 87.3 cm³/mol. The van der Waals surface area contributed by atoms with Crippen LogP contribution in [0.2, 0.25) is 0 Å². The number of nitrogens with zero attached hydrogens (tertiary/aromatic N) is 1. The number of hydrogen-bond donors (Lipinski definition) is 1. The van der Waals surface area contributed by atoms with E-state index in [9.17, 15) is 0 Å². The first kappa shape index (κ1) is 15.3. The number of alkyl halides is 1. The van der Waals surface area contributed by atoms with Gasteiger partial charge < -0.3 is 5.32 Å². The van der Waals surface area contributed by atoms with Crippen molar-refractivity contribution < 1.29 is 0 Å². The molecule has 0 saturated carbocycles. The molecule has 0 saturated heterocycles. The highest BCUT2D eigenvalue weighted by atomic mass is 35.5. The second kappa shape index (κ2) is 7.61. The molecule has 0 spiro atoms. The van der Waals surface area contributed by atoms with E-state index >= 15 is 0 Å². The fraction of sp³-hybridized carbons (Fsp3) is 0.471. The summed E-state index contributed by atoms with van der Waals surface area (Å²) in [4.78, 5) is 4.58. The van der Waals surface area contributed by atoms with Crippen molar-refractivity contribution >= 4 is 22.5 Å². The van der Waals surface area contributed by atoms with Gasteiger partial charge in [0.25, 0.3) is 0 Å². The van der Waals surface area contributed by atoms with E-state index in [1.807, 2.05) is 6.07 Å². The van der Waals surface area contributed by atoms with Gasteiger partial charge in [0.05, 0.1) is 5.52 Å². The van der Waals surface area contributed by atoms with Crippen molar-refractivity contribution in [1.82, 2.24) is 10.3 Å². The summed E-state index contributed by atoms with van der Waals surface area (Å²) in [6.07, 6.45) is 2.26. The zero-order valence-electron chi connectivity index (χ0n) is 12.3. The number of aromatic nitrogens is 1. The predicted octanol–water partition coefficient (Wildman–Crippen LogP) is 4.29. The average molecular weight is 291 g/mol. The fourth-order valence-corrected chi connectivity index (χ4v) is 2.87. The Morgan fingerprint density at radius 2 is 2.10 bits per heavy atom. The normalized spacial score (nSPS) is 12.8. The van der Waals surface area contributed by atoms with Crippen LogP contribution in [-0.2, 0) is 6.54 Å². The molecule has 20 heavy (non-hydrogen) atoms. The van der Waals surface area contributed by atoms with E-state index in [1.165, 1.54) is 17.4 Å². The minimum Gasteiger partial charge on any atom is -0.312 e. The lowest BCUT2D eigenvalue weighted by atomic mass is 10.0. The summed E-state index contributed by atoms with van der Waals surface area (Å²) in [5, 5.41) is 4.82. The molecule has 1 N–H and O–H groups in total. The Morgan fingerprint density at radius 3 is 2.85 bits per heavy atom. The molecule has 0 aliphatic rings. The number of pyridine rings is 1. The first-order valence-electron chi connectivity index (χ1n) is 7.36. The van der Waals surface area contributed by atoms with Crippen LogP contribution in [0.5, 0.6) is 0 Å². The monoisotopic (exact) mass is 290 g/mol. The van der Waals surface area contributed by atoms with E-state index in [2.05, 4.69) is 48.4 Å². The third kappa shape index (κ3) is 3.94. The fourth-order valence-electron chi connectivity index (χ4n) is 2.56. The van der Waals surface area contributed by atoms with Gasteiger partial charge in [-0.1, -0.05) is 31.5 Å². The molecule has 1 unspecified atom stereocenters. The Labute approximate surface area is 126 Å². The number of fused-ring (bicyclic) bond motifs is 1. The zero-order valence-corrected chi connectivity index (χ0v) is 13.1. The third-order valence-corrected chi connectivity index (χ3v) is 3.99. The maximum atomic E-state index is 5.83. The van der Waals surface area contributed by atoms with Gasteiger partial charge in [0.15, 0.2) is 0 Å². The summed E-state index contributed by atoms with van der Waals surface area (Å²) in [7, 11) is 0. The summed E-state index contributed by atoms with van der Waals surface area (Å²) in [5.74, 6) is 1.42. The standard InChI is InChI=1S/C17H23ClN2/c1-3-14(8-9-18)11-19-12-15-10-13(2)20-17-7-5-4-6-16(15)17/h4-7,10,14,19H,3,8-9,11-12H2,1-2H3. The Kier molecular flexibility index (Phi) is 5.81. The van der Waals surface area contributed by atoms with Crippen LogP contribution in [0, 0.1) is 12.8 Å². The van der Waals surface area contributed by atoms with E-state index in [1.54, 1.807) is 0 Å². The molecule has 0 aliphatic carbocycles. The molecule has 2 nitrogen and oxygen atoms in total. The second-order valence-electron chi connectivity index (χ2n) is 5.32. The lowest BCUT2D eigenvalue weighted by molar-refractivity contribution is 0.452. The van der Waals surface area contributed by atoms with Crippen LogP contribution in [0.25, 0.3) is 10.9 Å². The van der Waals surface area contributed by atoms with Crippen molar-refractivity contribution in [3.63, 3.8) is 0 Å². The topological polar surface area (TPSA) is 24.9 Å². The molecule has 1 aromatic carbocycles. The molecular weight excluding hydrogens is 268 g/mol. The van der Waals surface area contributed by atoms with Crippen molar-refractivity contribution in [2.45, 2.75) is 33.2 Å². The van der Waals surface area contributed by atoms with Crippen LogP contribution >= 0.6 is 11.6 Å². The number of halogens is 1. The molecule has 0 bridgehead atoms. The Hall–Kier alpha value is -1.12. The van der Waals surface area contributed by atoms with Gasteiger partial charge in [-0.3, -0.25) is 4.98 Å². The number of rotatable bonds is 7. The van der Waals surface area contributed by atoms with Gasteiger partial charge in [0, 0.05) is 23.5 Å². The van der Waals surface area contributed by atoms with Crippen LogP contribution in [0.1, 0.15) is 31.0 Å². The van der Waals surface area contributed by atoms with Crippen molar-refractivity contribution in [3.8, 4) is 0 Å². The van der Waals surface area contributed by atoms with Crippen molar-refractivity contribution in [2.24, 2.45) is 5.92 Å². The number of benzene rings is 1. The van der Waals surface area contributed by atoms with Crippen LogP contribution in [0.3, 0.4) is 0 Å². The first-order valence-corrected chi connectivity index (χ1v) is 7.90. The van der Waals surface area contributed by atoms with Crippen LogP contribution in [0.4, 0.5) is 0 Å². The highest BCUT2D eigenvalue weighted by Gasteiger charge is 2.07. The van der Waals surface area contributed by atoms with E-state index in [4.69, 9.17) is 11.6 Å². The molecule has 3 heteroatoms. The quantitative estimate of drug-likeness (QED) is 0.770. The zero-order chi connectivity index (χ0) is 14.4. The molecule has 0 amide bonds. The molecule has 108 valence electrons. The van der Waals surface area contributed by atoms with Crippen molar-refractivity contribution in [1.29, 1.82) is 0 Å². The molecule has 1 heterocycles. The van der Waals surface area contributed by atoms with Gasteiger partial charge >= 0.3 is 0 Å². The van der Waals surface area contributed by atoms with E-state index in [0.29, 0.717) is 5.92 Å². The van der Waals surface area contributed by atoms with Gasteiger partial charge in [-0.05, 0) is 43.5 Å². The van der Waals surface area contributed by atoms with E-state index < -0.39 is 0 Å².